The van der Waals surface area contributed by atoms with Gasteiger partial charge in [-0.3, -0.25) is 0 Å². The summed E-state index contributed by atoms with van der Waals surface area (Å²) in [6.45, 7) is 3.48. The van der Waals surface area contributed by atoms with E-state index in [2.05, 4.69) is 5.32 Å². The van der Waals surface area contributed by atoms with Crippen LogP contribution in [0, 0.1) is 5.92 Å². The molecule has 2 unspecified atom stereocenters. The Morgan fingerprint density at radius 3 is 2.46 bits per heavy atom. The number of ether oxygens (including phenoxy) is 1. The van der Waals surface area contributed by atoms with E-state index < -0.39 is 29.8 Å². The van der Waals surface area contributed by atoms with Crippen LogP contribution in [-0.4, -0.2) is 36.2 Å². The van der Waals surface area contributed by atoms with E-state index >= 15 is 0 Å². The van der Waals surface area contributed by atoms with E-state index in [9.17, 15) is 18.7 Å². The second-order valence-corrected chi connectivity index (χ2v) is 7.47. The number of benzene rings is 1. The van der Waals surface area contributed by atoms with E-state index in [-0.39, 0.29) is 18.9 Å². The first-order valence-corrected chi connectivity index (χ1v) is 9.46. The van der Waals surface area contributed by atoms with Gasteiger partial charge in [0.05, 0.1) is 0 Å². The van der Waals surface area contributed by atoms with Gasteiger partial charge in [-0.1, -0.05) is 31.2 Å². The first-order chi connectivity index (χ1) is 12.3. The van der Waals surface area contributed by atoms with Crippen molar-refractivity contribution in [1.29, 1.82) is 0 Å². The van der Waals surface area contributed by atoms with Crippen LogP contribution < -0.4 is 5.32 Å². The van der Waals surface area contributed by atoms with Crippen molar-refractivity contribution in [3.63, 3.8) is 0 Å². The molecule has 3 rings (SSSR count). The van der Waals surface area contributed by atoms with Gasteiger partial charge in [-0.2, -0.15) is 0 Å². The third kappa shape index (κ3) is 3.91. The SMILES string of the molecule is CCc1ccc(C(O)(C(=O)OC2CCNCC2)C2CCC(F)(F)C2)cc1. The first-order valence-electron chi connectivity index (χ1n) is 9.46. The van der Waals surface area contributed by atoms with Gasteiger partial charge in [0.1, 0.15) is 6.10 Å². The van der Waals surface area contributed by atoms with Gasteiger partial charge in [-0.15, -0.1) is 0 Å². The van der Waals surface area contributed by atoms with Gasteiger partial charge < -0.3 is 15.2 Å². The number of piperidine rings is 1. The van der Waals surface area contributed by atoms with Crippen LogP contribution in [0.4, 0.5) is 8.78 Å². The number of hydrogen-bond acceptors (Lipinski definition) is 4. The van der Waals surface area contributed by atoms with Crippen molar-refractivity contribution >= 4 is 5.97 Å². The predicted molar refractivity (Wildman–Crippen MR) is 94.0 cm³/mol. The minimum atomic E-state index is -2.85. The topological polar surface area (TPSA) is 58.6 Å². The van der Waals surface area contributed by atoms with Gasteiger partial charge >= 0.3 is 5.97 Å². The van der Waals surface area contributed by atoms with E-state index in [1.165, 1.54) is 0 Å². The molecule has 1 heterocycles. The summed E-state index contributed by atoms with van der Waals surface area (Å²) in [5, 5.41) is 14.5. The Morgan fingerprint density at radius 2 is 1.92 bits per heavy atom. The summed E-state index contributed by atoms with van der Waals surface area (Å²) in [6, 6.07) is 6.98. The second-order valence-electron chi connectivity index (χ2n) is 7.47. The number of alkyl halides is 2. The molecule has 0 aromatic heterocycles. The van der Waals surface area contributed by atoms with Crippen LogP contribution in [0.3, 0.4) is 0 Å². The van der Waals surface area contributed by atoms with Crippen molar-refractivity contribution in [1.82, 2.24) is 5.32 Å². The lowest BCUT2D eigenvalue weighted by molar-refractivity contribution is -0.181. The molecule has 1 saturated heterocycles. The summed E-state index contributed by atoms with van der Waals surface area (Å²) in [5.41, 5.74) is -0.632. The maximum Gasteiger partial charge on any atom is 0.343 e. The fourth-order valence-electron chi connectivity index (χ4n) is 3.98. The van der Waals surface area contributed by atoms with E-state index in [4.69, 9.17) is 4.74 Å². The highest BCUT2D eigenvalue weighted by atomic mass is 19.3. The largest absolute Gasteiger partial charge is 0.460 e. The number of aryl methyl sites for hydroxylation is 1. The summed E-state index contributed by atoms with van der Waals surface area (Å²) in [6.07, 6.45) is 1.15. The van der Waals surface area contributed by atoms with Crippen LogP contribution in [0.15, 0.2) is 24.3 Å². The van der Waals surface area contributed by atoms with Crippen molar-refractivity contribution < 1.29 is 23.4 Å². The van der Waals surface area contributed by atoms with Gasteiger partial charge in [0.25, 0.3) is 0 Å². The zero-order valence-corrected chi connectivity index (χ0v) is 15.1. The maximum absolute atomic E-state index is 13.8. The molecule has 2 fully saturated rings. The van der Waals surface area contributed by atoms with Crippen molar-refractivity contribution in [2.75, 3.05) is 13.1 Å². The lowest BCUT2D eigenvalue weighted by atomic mass is 9.79. The molecule has 2 atom stereocenters. The molecule has 144 valence electrons. The van der Waals surface area contributed by atoms with E-state index in [0.29, 0.717) is 18.4 Å². The molecular formula is C20H27F2NO3. The second kappa shape index (κ2) is 7.61. The molecule has 0 bridgehead atoms. The predicted octanol–water partition coefficient (Wildman–Crippen LogP) is 3.17. The number of esters is 1. The van der Waals surface area contributed by atoms with Gasteiger partial charge in [-0.25, -0.2) is 13.6 Å². The summed E-state index contributed by atoms with van der Waals surface area (Å²) in [4.78, 5) is 12.9. The quantitative estimate of drug-likeness (QED) is 0.785. The monoisotopic (exact) mass is 367 g/mol. The maximum atomic E-state index is 13.8. The highest BCUT2D eigenvalue weighted by molar-refractivity contribution is 5.82. The first kappa shape index (κ1) is 19.2. The lowest BCUT2D eigenvalue weighted by Crippen LogP contribution is -2.46. The molecule has 1 aliphatic carbocycles. The van der Waals surface area contributed by atoms with Crippen LogP contribution in [0.1, 0.15) is 50.2 Å². The number of carbonyl (C=O) groups excluding carboxylic acids is 1. The van der Waals surface area contributed by atoms with Crippen LogP contribution in [0.5, 0.6) is 0 Å². The number of halogens is 2. The Hall–Kier alpha value is -1.53. The number of aliphatic hydroxyl groups is 1. The fourth-order valence-corrected chi connectivity index (χ4v) is 3.98. The molecule has 0 spiro atoms. The standard InChI is InChI=1S/C20H27F2NO3/c1-2-14-3-5-15(6-4-14)20(25,16-7-10-19(21,22)13-16)18(24)26-17-8-11-23-12-9-17/h3-6,16-17,23,25H,2,7-13H2,1H3. The number of hydrogen-bond donors (Lipinski definition) is 2. The lowest BCUT2D eigenvalue weighted by Gasteiger charge is -2.34. The van der Waals surface area contributed by atoms with Crippen molar-refractivity contribution in [3.8, 4) is 0 Å². The molecule has 4 nitrogen and oxygen atoms in total. The summed E-state index contributed by atoms with van der Waals surface area (Å²) in [5.74, 6) is -4.49. The van der Waals surface area contributed by atoms with Gasteiger partial charge in [0, 0.05) is 18.8 Å². The molecule has 1 aromatic carbocycles. The Kier molecular flexibility index (Phi) is 5.63. The molecular weight excluding hydrogens is 340 g/mol. The van der Waals surface area contributed by atoms with Crippen LogP contribution in [-0.2, 0) is 21.6 Å². The van der Waals surface area contributed by atoms with Crippen LogP contribution in [0.2, 0.25) is 0 Å². The van der Waals surface area contributed by atoms with Gasteiger partial charge in [-0.05, 0) is 49.9 Å². The molecule has 2 aliphatic rings. The molecule has 1 saturated carbocycles. The van der Waals surface area contributed by atoms with Crippen LogP contribution >= 0.6 is 0 Å². The normalized spacial score (nSPS) is 25.6. The van der Waals surface area contributed by atoms with E-state index in [1.54, 1.807) is 12.1 Å². The average molecular weight is 367 g/mol. The molecule has 2 N–H and O–H groups in total. The molecule has 0 radical (unpaired) electrons. The molecule has 6 heteroatoms. The Bertz CT molecular complexity index is 628. The molecule has 1 aliphatic heterocycles. The number of carbonyl (C=O) groups is 1. The minimum Gasteiger partial charge on any atom is -0.460 e. The van der Waals surface area contributed by atoms with Crippen molar-refractivity contribution in [3.05, 3.63) is 35.4 Å². The van der Waals surface area contributed by atoms with Crippen molar-refractivity contribution in [2.24, 2.45) is 5.92 Å². The highest BCUT2D eigenvalue weighted by Gasteiger charge is 2.54. The number of nitrogens with one attached hydrogen (secondary N) is 1. The summed E-state index contributed by atoms with van der Waals surface area (Å²) < 4.78 is 33.2. The van der Waals surface area contributed by atoms with Gasteiger partial charge in [0.2, 0.25) is 5.92 Å². The minimum absolute atomic E-state index is 0.0976. The average Bonchev–Trinajstić information content (AvgIpc) is 3.02. The zero-order chi connectivity index (χ0) is 18.8. The molecule has 1 aromatic rings. The Labute approximate surface area is 152 Å². The summed E-state index contributed by atoms with van der Waals surface area (Å²) >= 11 is 0. The third-order valence-electron chi connectivity index (χ3n) is 5.67. The smallest absolute Gasteiger partial charge is 0.343 e. The molecule has 0 amide bonds. The van der Waals surface area contributed by atoms with Gasteiger partial charge in [0.15, 0.2) is 5.60 Å². The number of rotatable bonds is 5. The summed E-state index contributed by atoms with van der Waals surface area (Å²) in [7, 11) is 0. The highest BCUT2D eigenvalue weighted by Crippen LogP contribution is 2.48. The van der Waals surface area contributed by atoms with Crippen molar-refractivity contribution in [2.45, 2.75) is 63.1 Å². The zero-order valence-electron chi connectivity index (χ0n) is 15.1. The van der Waals surface area contributed by atoms with E-state index in [1.807, 2.05) is 19.1 Å². The van der Waals surface area contributed by atoms with E-state index in [0.717, 1.165) is 25.1 Å². The Morgan fingerprint density at radius 1 is 1.27 bits per heavy atom. The molecule has 26 heavy (non-hydrogen) atoms. The Balaban J connectivity index is 1.88. The third-order valence-corrected chi connectivity index (χ3v) is 5.67. The fraction of sp³-hybridized carbons (Fsp3) is 0.650. The van der Waals surface area contributed by atoms with Crippen LogP contribution in [0.25, 0.3) is 0 Å².